The average molecular weight is 311 g/mol. The van der Waals surface area contributed by atoms with Crippen LogP contribution < -0.4 is 5.32 Å². The number of hydrogen-bond donors (Lipinski definition) is 1. The van der Waals surface area contributed by atoms with Gasteiger partial charge in [0, 0.05) is 17.1 Å². The number of pyridine rings is 1. The molecule has 0 aromatic carbocycles. The van der Waals surface area contributed by atoms with E-state index >= 15 is 0 Å². The van der Waals surface area contributed by atoms with Gasteiger partial charge in [-0.1, -0.05) is 0 Å². The number of hydrogen-bond acceptors (Lipinski definition) is 2. The molecule has 1 rings (SSSR count). The third kappa shape index (κ3) is 5.16. The Morgan fingerprint density at radius 3 is 2.71 bits per heavy atom. The Hall–Kier alpha value is -1.11. The van der Waals surface area contributed by atoms with Crippen LogP contribution in [0.15, 0.2) is 16.7 Å². The number of anilines is 1. The van der Waals surface area contributed by atoms with E-state index in [1.165, 1.54) is 6.20 Å². The van der Waals surface area contributed by atoms with Crippen molar-refractivity contribution in [2.45, 2.75) is 25.9 Å². The van der Waals surface area contributed by atoms with Crippen molar-refractivity contribution < 1.29 is 18.0 Å². The number of nitrogens with zero attached hydrogens (tertiary/aromatic N) is 1. The lowest BCUT2D eigenvalue weighted by Gasteiger charge is -2.07. The lowest BCUT2D eigenvalue weighted by atomic mass is 10.2. The zero-order valence-corrected chi connectivity index (χ0v) is 10.5. The number of aryl methyl sites for hydroxylation is 1. The molecule has 0 atom stereocenters. The molecule has 0 unspecified atom stereocenters. The normalized spacial score (nSPS) is 11.4. The number of alkyl halides is 3. The molecule has 0 fully saturated rings. The Balaban J connectivity index is 2.54. The molecular weight excluding hydrogens is 301 g/mol. The lowest BCUT2D eigenvalue weighted by Crippen LogP contribution is -2.17. The standard InChI is InChI=1S/C10H10BrF3N2O/c1-6-4-8(15-5-7(6)11)16-9(17)2-3-10(12,13)14/h4-5H,2-3H2,1H3,(H,15,16,17). The van der Waals surface area contributed by atoms with Crippen molar-refractivity contribution in [3.63, 3.8) is 0 Å². The predicted molar refractivity (Wildman–Crippen MR) is 60.6 cm³/mol. The molecule has 0 radical (unpaired) electrons. The first kappa shape index (κ1) is 14.0. The van der Waals surface area contributed by atoms with Gasteiger partial charge in [0.1, 0.15) is 5.82 Å². The molecule has 94 valence electrons. The Bertz CT molecular complexity index is 421. The van der Waals surface area contributed by atoms with E-state index in [4.69, 9.17) is 0 Å². The molecule has 7 heteroatoms. The van der Waals surface area contributed by atoms with Crippen molar-refractivity contribution >= 4 is 27.7 Å². The minimum atomic E-state index is -4.32. The summed E-state index contributed by atoms with van der Waals surface area (Å²) in [6, 6.07) is 1.58. The first-order valence-electron chi connectivity index (χ1n) is 4.76. The van der Waals surface area contributed by atoms with Gasteiger partial charge in [0.15, 0.2) is 0 Å². The summed E-state index contributed by atoms with van der Waals surface area (Å²) in [5, 5.41) is 2.31. The van der Waals surface area contributed by atoms with E-state index in [0.29, 0.717) is 0 Å². The summed E-state index contributed by atoms with van der Waals surface area (Å²) in [4.78, 5) is 15.1. The van der Waals surface area contributed by atoms with Crippen LogP contribution in [0.5, 0.6) is 0 Å². The number of halogens is 4. The topological polar surface area (TPSA) is 42.0 Å². The molecule has 1 aromatic heterocycles. The number of amides is 1. The van der Waals surface area contributed by atoms with Gasteiger partial charge in [-0.25, -0.2) is 4.98 Å². The summed E-state index contributed by atoms with van der Waals surface area (Å²) < 4.78 is 36.4. The lowest BCUT2D eigenvalue weighted by molar-refractivity contribution is -0.142. The second-order valence-electron chi connectivity index (χ2n) is 3.48. The maximum absolute atomic E-state index is 11.9. The second-order valence-corrected chi connectivity index (χ2v) is 4.34. The van der Waals surface area contributed by atoms with E-state index in [1.807, 2.05) is 0 Å². The molecule has 0 spiro atoms. The Morgan fingerprint density at radius 1 is 1.53 bits per heavy atom. The van der Waals surface area contributed by atoms with E-state index in [-0.39, 0.29) is 5.82 Å². The van der Waals surface area contributed by atoms with Crippen molar-refractivity contribution in [1.29, 1.82) is 0 Å². The Morgan fingerprint density at radius 2 is 2.18 bits per heavy atom. The fourth-order valence-electron chi connectivity index (χ4n) is 1.07. The molecule has 0 saturated heterocycles. The highest BCUT2D eigenvalue weighted by Gasteiger charge is 2.27. The summed E-state index contributed by atoms with van der Waals surface area (Å²) >= 11 is 3.23. The molecule has 0 aliphatic rings. The van der Waals surface area contributed by atoms with E-state index in [1.54, 1.807) is 13.0 Å². The van der Waals surface area contributed by atoms with Gasteiger partial charge in [-0.05, 0) is 34.5 Å². The number of carbonyl (C=O) groups excluding carboxylic acids is 1. The fraction of sp³-hybridized carbons (Fsp3) is 0.400. The third-order valence-electron chi connectivity index (χ3n) is 1.95. The minimum Gasteiger partial charge on any atom is -0.311 e. The molecule has 0 bridgehead atoms. The number of carbonyl (C=O) groups is 1. The van der Waals surface area contributed by atoms with Crippen molar-refractivity contribution in [2.75, 3.05) is 5.32 Å². The number of rotatable bonds is 3. The summed E-state index contributed by atoms with van der Waals surface area (Å²) in [5.41, 5.74) is 0.839. The smallest absolute Gasteiger partial charge is 0.311 e. The number of nitrogens with one attached hydrogen (secondary N) is 1. The highest BCUT2D eigenvalue weighted by molar-refractivity contribution is 9.10. The van der Waals surface area contributed by atoms with Gasteiger partial charge in [0.2, 0.25) is 5.91 Å². The van der Waals surface area contributed by atoms with Crippen LogP contribution in [0.4, 0.5) is 19.0 Å². The first-order chi connectivity index (χ1) is 7.78. The number of aromatic nitrogens is 1. The maximum atomic E-state index is 11.9. The SMILES string of the molecule is Cc1cc(NC(=O)CCC(F)(F)F)ncc1Br. The van der Waals surface area contributed by atoms with Crippen LogP contribution in [0.3, 0.4) is 0 Å². The zero-order chi connectivity index (χ0) is 13.1. The summed E-state index contributed by atoms with van der Waals surface area (Å²) in [5.74, 6) is -0.450. The zero-order valence-electron chi connectivity index (χ0n) is 8.94. The van der Waals surface area contributed by atoms with E-state index in [9.17, 15) is 18.0 Å². The predicted octanol–water partition coefficient (Wildman–Crippen LogP) is 3.43. The van der Waals surface area contributed by atoms with Crippen LogP contribution in [0.25, 0.3) is 0 Å². The van der Waals surface area contributed by atoms with Crippen LogP contribution in [0.2, 0.25) is 0 Å². The molecular formula is C10H10BrF3N2O. The van der Waals surface area contributed by atoms with Crippen molar-refractivity contribution in [3.05, 3.63) is 22.3 Å². The fourth-order valence-corrected chi connectivity index (χ4v) is 1.29. The highest BCUT2D eigenvalue weighted by atomic mass is 79.9. The molecule has 3 nitrogen and oxygen atoms in total. The quantitative estimate of drug-likeness (QED) is 0.929. The molecule has 1 amide bonds. The molecule has 1 aromatic rings. The van der Waals surface area contributed by atoms with Crippen LogP contribution in [-0.4, -0.2) is 17.1 Å². The summed E-state index contributed by atoms with van der Waals surface area (Å²) in [6.45, 7) is 1.79. The van der Waals surface area contributed by atoms with Crippen LogP contribution >= 0.6 is 15.9 Å². The highest BCUT2D eigenvalue weighted by Crippen LogP contribution is 2.22. The van der Waals surface area contributed by atoms with Crippen molar-refractivity contribution in [1.82, 2.24) is 4.98 Å². The molecule has 0 aliphatic carbocycles. The van der Waals surface area contributed by atoms with Gasteiger partial charge in [0.05, 0.1) is 6.42 Å². The van der Waals surface area contributed by atoms with Crippen molar-refractivity contribution in [3.8, 4) is 0 Å². The second kappa shape index (κ2) is 5.48. The monoisotopic (exact) mass is 310 g/mol. The molecule has 17 heavy (non-hydrogen) atoms. The molecule has 0 aliphatic heterocycles. The van der Waals surface area contributed by atoms with Gasteiger partial charge in [0.25, 0.3) is 0 Å². The summed E-state index contributed by atoms with van der Waals surface area (Å²) in [6.07, 6.45) is -4.57. The third-order valence-corrected chi connectivity index (χ3v) is 2.78. The van der Waals surface area contributed by atoms with Gasteiger partial charge in [-0.2, -0.15) is 13.2 Å². The van der Waals surface area contributed by atoms with Crippen LogP contribution in [0.1, 0.15) is 18.4 Å². The van der Waals surface area contributed by atoms with Gasteiger partial charge >= 0.3 is 6.18 Å². The minimum absolute atomic E-state index is 0.248. The Labute approximate surface area is 105 Å². The Kier molecular flexibility index (Phi) is 4.50. The average Bonchev–Trinajstić information content (AvgIpc) is 2.20. The summed E-state index contributed by atoms with van der Waals surface area (Å²) in [7, 11) is 0. The first-order valence-corrected chi connectivity index (χ1v) is 5.56. The largest absolute Gasteiger partial charge is 0.389 e. The van der Waals surface area contributed by atoms with E-state index < -0.39 is 24.9 Å². The molecule has 0 saturated carbocycles. The van der Waals surface area contributed by atoms with Gasteiger partial charge in [-0.3, -0.25) is 4.79 Å². The van der Waals surface area contributed by atoms with E-state index in [2.05, 4.69) is 26.2 Å². The van der Waals surface area contributed by atoms with Crippen molar-refractivity contribution in [2.24, 2.45) is 0 Å². The molecule has 1 N–H and O–H groups in total. The van der Waals surface area contributed by atoms with Gasteiger partial charge in [-0.15, -0.1) is 0 Å². The van der Waals surface area contributed by atoms with Crippen LogP contribution in [0, 0.1) is 6.92 Å². The maximum Gasteiger partial charge on any atom is 0.389 e. The van der Waals surface area contributed by atoms with E-state index in [0.717, 1.165) is 10.0 Å². The molecule has 1 heterocycles. The van der Waals surface area contributed by atoms with Crippen LogP contribution in [-0.2, 0) is 4.79 Å². The van der Waals surface area contributed by atoms with Gasteiger partial charge < -0.3 is 5.32 Å².